The van der Waals surface area contributed by atoms with E-state index < -0.39 is 14.7 Å². The zero-order valence-electron chi connectivity index (χ0n) is 7.19. The Hall–Kier alpha value is 1.53. The van der Waals surface area contributed by atoms with Gasteiger partial charge in [0.25, 0.3) is 0 Å². The normalized spacial score (nSPS) is 13.0. The second-order valence-corrected chi connectivity index (χ2v) is 2.16. The van der Waals surface area contributed by atoms with Crippen LogP contribution in [0.4, 0.5) is 0 Å². The molecule has 54 valence electrons. The Morgan fingerprint density at radius 1 is 1.67 bits per heavy atom. The van der Waals surface area contributed by atoms with E-state index in [1.54, 1.807) is 0 Å². The van der Waals surface area contributed by atoms with E-state index in [1.165, 1.54) is 6.92 Å². The van der Waals surface area contributed by atoms with E-state index in [4.69, 9.17) is 14.9 Å². The first-order valence-electron chi connectivity index (χ1n) is 2.12. The van der Waals surface area contributed by atoms with Gasteiger partial charge in [-0.25, -0.2) is 0 Å². The van der Waals surface area contributed by atoms with Crippen LogP contribution in [0.2, 0.25) is 0 Å². The molecule has 0 rings (SSSR count). The molecule has 0 fully saturated rings. The molecule has 0 spiro atoms. The molecule has 4 nitrogen and oxygen atoms in total. The zero-order chi connectivity index (χ0) is 6.57. The van der Waals surface area contributed by atoms with Gasteiger partial charge >= 0.3 is 46.3 Å². The van der Waals surface area contributed by atoms with Crippen LogP contribution in [0, 0.1) is 0 Å². The Morgan fingerprint density at radius 2 is 2.11 bits per heavy atom. The van der Waals surface area contributed by atoms with Gasteiger partial charge in [-0.3, -0.25) is 0 Å². The van der Waals surface area contributed by atoms with E-state index in [0.29, 0.717) is 0 Å². The summed E-state index contributed by atoms with van der Waals surface area (Å²) >= 11 is 0. The van der Waals surface area contributed by atoms with Crippen molar-refractivity contribution in [1.82, 2.24) is 0 Å². The van der Waals surface area contributed by atoms with Crippen molar-refractivity contribution in [2.45, 2.75) is 13.0 Å². The molecule has 0 bridgehead atoms. The first kappa shape index (κ1) is 13.1. The molecule has 0 heterocycles. The van der Waals surface area contributed by atoms with Crippen LogP contribution in [0.25, 0.3) is 0 Å². The molecule has 0 aromatic carbocycles. The Bertz CT molecular complexity index is 59.3. The first-order valence-corrected chi connectivity index (χ1v) is 3.28. The van der Waals surface area contributed by atoms with Crippen molar-refractivity contribution in [1.29, 1.82) is 0 Å². The van der Waals surface area contributed by atoms with Gasteiger partial charge in [-0.15, -0.1) is 0 Å². The van der Waals surface area contributed by atoms with Gasteiger partial charge in [0.2, 0.25) is 0 Å². The van der Waals surface area contributed by atoms with Gasteiger partial charge in [0.1, 0.15) is 0 Å². The molecule has 0 aromatic rings. The van der Waals surface area contributed by atoms with E-state index >= 15 is 0 Å². The largest absolute Gasteiger partial charge is 2.00 e. The summed E-state index contributed by atoms with van der Waals surface area (Å²) in [5.74, 6) is 0. The number of hydrogen-bond acceptors (Lipinski definition) is 4. The maximum Gasteiger partial charge on any atom is 2.00 e. The molecule has 0 aliphatic carbocycles. The average molecular weight is 182 g/mol. The minimum absolute atomic E-state index is 0. The quantitative estimate of drug-likeness (QED) is 0.404. The van der Waals surface area contributed by atoms with Crippen molar-refractivity contribution in [3.8, 4) is 0 Å². The Labute approximate surface area is 87.8 Å². The van der Waals surface area contributed by atoms with E-state index in [-0.39, 0.29) is 47.2 Å². The summed E-state index contributed by atoms with van der Waals surface area (Å²) in [4.78, 5) is 16.2. The molecule has 3 N–H and O–H groups in total. The van der Waals surface area contributed by atoms with Crippen molar-refractivity contribution >= 4 is 46.3 Å². The summed E-state index contributed by atoms with van der Waals surface area (Å²) in [6, 6.07) is 0. The average Bonchev–Trinajstić information content (AvgIpc) is 1.61. The van der Waals surface area contributed by atoms with Crippen LogP contribution >= 0.6 is 8.60 Å². The molecular formula is C3H11CaO4P. The van der Waals surface area contributed by atoms with Gasteiger partial charge in [-0.2, -0.15) is 0 Å². The molecule has 6 heteroatoms. The molecule has 1 unspecified atom stereocenters. The zero-order valence-corrected chi connectivity index (χ0v) is 8.29. The van der Waals surface area contributed by atoms with Gasteiger partial charge in [-0.1, -0.05) is 0 Å². The molecule has 0 radical (unpaired) electrons. The number of aliphatic hydroxyl groups excluding tert-OH is 1. The third kappa shape index (κ3) is 12.7. The minimum Gasteiger partial charge on any atom is -1.00 e. The van der Waals surface area contributed by atoms with Crippen LogP contribution in [0.5, 0.6) is 0 Å². The minimum atomic E-state index is -2.29. The number of rotatable bonds is 3. The molecule has 0 aliphatic heterocycles. The second kappa shape index (κ2) is 7.63. The maximum absolute atomic E-state index is 8.46. The van der Waals surface area contributed by atoms with Crippen molar-refractivity contribution in [2.24, 2.45) is 0 Å². The fourth-order valence-corrected chi connectivity index (χ4v) is 0.524. The molecule has 1 atom stereocenters. The summed E-state index contributed by atoms with van der Waals surface area (Å²) in [7, 11) is -2.29. The summed E-state index contributed by atoms with van der Waals surface area (Å²) < 4.78 is 4.23. The van der Waals surface area contributed by atoms with Crippen molar-refractivity contribution in [2.75, 3.05) is 6.61 Å². The summed E-state index contributed by atoms with van der Waals surface area (Å²) in [5.41, 5.74) is 0. The van der Waals surface area contributed by atoms with Crippen LogP contribution in [0.15, 0.2) is 0 Å². The number of aliphatic hydroxyl groups is 1. The van der Waals surface area contributed by atoms with Crippen LogP contribution in [-0.2, 0) is 4.52 Å². The predicted molar refractivity (Wildman–Crippen MR) is 37.0 cm³/mol. The summed E-state index contributed by atoms with van der Waals surface area (Å²) in [5, 5.41) is 8.46. The third-order valence-corrected chi connectivity index (χ3v) is 0.811. The van der Waals surface area contributed by atoms with Crippen LogP contribution in [0.1, 0.15) is 9.78 Å². The van der Waals surface area contributed by atoms with E-state index in [2.05, 4.69) is 4.52 Å². The third-order valence-electron chi connectivity index (χ3n) is 0.431. The molecular weight excluding hydrogens is 171 g/mol. The molecule has 0 aromatic heterocycles. The first-order chi connectivity index (χ1) is 3.63. The second-order valence-electron chi connectivity index (χ2n) is 1.40. The fourth-order valence-electron chi connectivity index (χ4n) is 0.175. The fraction of sp³-hybridized carbons (Fsp3) is 1.00. The Morgan fingerprint density at radius 3 is 2.22 bits per heavy atom. The molecule has 0 saturated heterocycles. The Kier molecular flexibility index (Phi) is 11.1. The van der Waals surface area contributed by atoms with E-state index in [9.17, 15) is 0 Å². The van der Waals surface area contributed by atoms with Gasteiger partial charge in [0.15, 0.2) is 0 Å². The van der Waals surface area contributed by atoms with E-state index in [1.807, 2.05) is 0 Å². The van der Waals surface area contributed by atoms with E-state index in [0.717, 1.165) is 0 Å². The van der Waals surface area contributed by atoms with Crippen molar-refractivity contribution in [3.63, 3.8) is 0 Å². The maximum atomic E-state index is 8.46. The predicted octanol–water partition coefficient (Wildman–Crippen LogP) is -0.560. The molecule has 9 heavy (non-hydrogen) atoms. The standard InChI is InChI=1S/C3H9O4P.Ca.2H/c1-3(4)2-7-8(5)6;;;/h3-6H,2H2,1H3;;;/q;+2;2*-1. The summed E-state index contributed by atoms with van der Waals surface area (Å²) in [6.07, 6.45) is -0.640. The number of hydrogen-bond donors (Lipinski definition) is 3. The van der Waals surface area contributed by atoms with Gasteiger partial charge in [0, 0.05) is 0 Å². The van der Waals surface area contributed by atoms with Crippen molar-refractivity contribution in [3.05, 3.63) is 0 Å². The van der Waals surface area contributed by atoms with Crippen molar-refractivity contribution < 1.29 is 22.3 Å². The van der Waals surface area contributed by atoms with Crippen LogP contribution < -0.4 is 0 Å². The van der Waals surface area contributed by atoms with Gasteiger partial charge < -0.3 is 22.3 Å². The summed E-state index contributed by atoms with van der Waals surface area (Å²) in [6.45, 7) is 1.47. The monoisotopic (exact) mass is 182 g/mol. The smallest absolute Gasteiger partial charge is 1.00 e. The SMILES string of the molecule is CC(O)COP(O)O.[Ca+2].[H-].[H-]. The Balaban J connectivity index is -0.0000000817. The molecule has 0 aliphatic rings. The van der Waals surface area contributed by atoms with Crippen LogP contribution in [-0.4, -0.2) is 65.3 Å². The molecule has 0 amide bonds. The van der Waals surface area contributed by atoms with Gasteiger partial charge in [-0.05, 0) is 6.92 Å². The topological polar surface area (TPSA) is 69.9 Å². The molecule has 0 saturated carbocycles. The van der Waals surface area contributed by atoms with Gasteiger partial charge in [0.05, 0.1) is 12.7 Å². The van der Waals surface area contributed by atoms with Crippen LogP contribution in [0.3, 0.4) is 0 Å².